The second-order valence-corrected chi connectivity index (χ2v) is 7.35. The topological polar surface area (TPSA) is 84.5 Å². The highest BCUT2D eigenvalue weighted by atomic mass is 35.5. The minimum atomic E-state index is -1.24. The van der Waals surface area contributed by atoms with Crippen molar-refractivity contribution in [2.75, 3.05) is 11.9 Å². The number of rotatable bonds is 7. The molecule has 0 aliphatic heterocycles. The molecule has 0 heterocycles. The monoisotopic (exact) mass is 456 g/mol. The van der Waals surface area contributed by atoms with Gasteiger partial charge in [-0.25, -0.2) is 0 Å². The fourth-order valence-corrected chi connectivity index (χ4v) is 3.28. The fraction of sp³-hybridized carbons (Fsp3) is 0.0870. The summed E-state index contributed by atoms with van der Waals surface area (Å²) in [5.74, 6) is -1.78. The second-order valence-electron chi connectivity index (χ2n) is 6.48. The van der Waals surface area contributed by atoms with Gasteiger partial charge >= 0.3 is 5.97 Å². The highest BCUT2D eigenvalue weighted by Gasteiger charge is 2.25. The van der Waals surface area contributed by atoms with Crippen LogP contribution in [0.25, 0.3) is 0 Å². The van der Waals surface area contributed by atoms with Crippen LogP contribution in [0.1, 0.15) is 22.0 Å². The summed E-state index contributed by atoms with van der Waals surface area (Å²) in [6.07, 6.45) is -1.24. The van der Waals surface area contributed by atoms with Crippen LogP contribution >= 0.6 is 23.2 Å². The molecule has 0 aromatic heterocycles. The number of carbonyl (C=O) groups is 3. The molecule has 0 saturated heterocycles. The first kappa shape index (κ1) is 22.3. The lowest BCUT2D eigenvalue weighted by Gasteiger charge is -2.18. The maximum Gasteiger partial charge on any atom is 0.326 e. The molecule has 0 aliphatic carbocycles. The summed E-state index contributed by atoms with van der Waals surface area (Å²) in [6.45, 7) is -0.396. The maximum atomic E-state index is 12.9. The van der Waals surface area contributed by atoms with Crippen LogP contribution in [0.5, 0.6) is 0 Å². The first-order chi connectivity index (χ1) is 14.9. The normalized spacial score (nSPS) is 11.3. The van der Waals surface area contributed by atoms with Crippen molar-refractivity contribution in [2.45, 2.75) is 6.10 Å². The first-order valence-corrected chi connectivity index (χ1v) is 10.0. The van der Waals surface area contributed by atoms with Gasteiger partial charge in [0.05, 0.1) is 0 Å². The van der Waals surface area contributed by atoms with E-state index >= 15 is 0 Å². The number of esters is 1. The predicted octanol–water partition coefficient (Wildman–Crippen LogP) is 4.65. The molecule has 0 radical (unpaired) electrons. The summed E-state index contributed by atoms with van der Waals surface area (Å²) in [5, 5.41) is 5.82. The molecule has 0 aliphatic rings. The molecule has 0 spiro atoms. The molecule has 0 saturated carbocycles. The lowest BCUT2D eigenvalue weighted by molar-refractivity contribution is -0.153. The van der Waals surface area contributed by atoms with Gasteiger partial charge < -0.3 is 15.4 Å². The smallest absolute Gasteiger partial charge is 0.326 e. The van der Waals surface area contributed by atoms with Crippen LogP contribution in [0.4, 0.5) is 5.69 Å². The number of carbonyl (C=O) groups excluding carboxylic acids is 3. The number of nitrogens with one attached hydrogen (secondary N) is 2. The third kappa shape index (κ3) is 6.57. The molecular formula is C23H18Cl2N2O4. The Hall–Kier alpha value is -3.35. The molecule has 1 atom stereocenters. The van der Waals surface area contributed by atoms with E-state index in [0.29, 0.717) is 26.9 Å². The molecule has 3 rings (SSSR count). The number of anilines is 1. The van der Waals surface area contributed by atoms with Crippen LogP contribution in [0, 0.1) is 0 Å². The summed E-state index contributed by atoms with van der Waals surface area (Å²) < 4.78 is 5.39. The van der Waals surface area contributed by atoms with Crippen LogP contribution in [0.2, 0.25) is 10.0 Å². The predicted molar refractivity (Wildman–Crippen MR) is 119 cm³/mol. The average molecular weight is 457 g/mol. The Morgan fingerprint density at radius 2 is 1.42 bits per heavy atom. The summed E-state index contributed by atoms with van der Waals surface area (Å²) >= 11 is 11.9. The van der Waals surface area contributed by atoms with Gasteiger partial charge in [-0.05, 0) is 30.3 Å². The first-order valence-electron chi connectivity index (χ1n) is 9.27. The molecule has 158 valence electrons. The Bertz CT molecular complexity index is 1060. The molecule has 2 N–H and O–H groups in total. The van der Waals surface area contributed by atoms with Gasteiger partial charge in [0.2, 0.25) is 6.10 Å². The number of hydrogen-bond acceptors (Lipinski definition) is 4. The van der Waals surface area contributed by atoms with E-state index in [1.807, 2.05) is 0 Å². The van der Waals surface area contributed by atoms with Crippen LogP contribution in [-0.4, -0.2) is 24.3 Å². The zero-order chi connectivity index (χ0) is 22.2. The highest BCUT2D eigenvalue weighted by molar-refractivity contribution is 6.35. The molecule has 31 heavy (non-hydrogen) atoms. The summed E-state index contributed by atoms with van der Waals surface area (Å²) in [6, 6.07) is 21.6. The van der Waals surface area contributed by atoms with Crippen molar-refractivity contribution < 1.29 is 19.1 Å². The number of benzene rings is 3. The van der Waals surface area contributed by atoms with E-state index in [4.69, 9.17) is 27.9 Å². The van der Waals surface area contributed by atoms with E-state index in [1.165, 1.54) is 18.2 Å². The van der Waals surface area contributed by atoms with Crippen molar-refractivity contribution >= 4 is 46.7 Å². The molecule has 0 bridgehead atoms. The van der Waals surface area contributed by atoms with Crippen molar-refractivity contribution in [3.05, 3.63) is 100 Å². The van der Waals surface area contributed by atoms with Gasteiger partial charge in [0, 0.05) is 26.9 Å². The zero-order valence-corrected chi connectivity index (χ0v) is 17.7. The van der Waals surface area contributed by atoms with E-state index in [1.54, 1.807) is 60.7 Å². The molecule has 2 amide bonds. The molecule has 3 aromatic rings. The highest BCUT2D eigenvalue weighted by Crippen LogP contribution is 2.25. The van der Waals surface area contributed by atoms with Gasteiger partial charge in [-0.2, -0.15) is 0 Å². The van der Waals surface area contributed by atoms with Crippen LogP contribution in [-0.2, 0) is 14.3 Å². The summed E-state index contributed by atoms with van der Waals surface area (Å²) in [5.41, 5.74) is 1.23. The minimum Gasteiger partial charge on any atom is -0.446 e. The molecule has 6 nitrogen and oxygen atoms in total. The Morgan fingerprint density at radius 1 is 0.839 bits per heavy atom. The fourth-order valence-electron chi connectivity index (χ4n) is 2.75. The van der Waals surface area contributed by atoms with Gasteiger partial charge in [-0.15, -0.1) is 0 Å². The van der Waals surface area contributed by atoms with Gasteiger partial charge in [0.15, 0.2) is 0 Å². The van der Waals surface area contributed by atoms with E-state index < -0.39 is 30.4 Å². The lowest BCUT2D eigenvalue weighted by Crippen LogP contribution is -2.33. The number of ether oxygens (including phenoxy) is 1. The van der Waals surface area contributed by atoms with Crippen LogP contribution in [0.3, 0.4) is 0 Å². The van der Waals surface area contributed by atoms with Crippen molar-refractivity contribution in [3.63, 3.8) is 0 Å². The van der Waals surface area contributed by atoms with E-state index in [2.05, 4.69) is 10.6 Å². The molecular weight excluding hydrogens is 439 g/mol. The number of amides is 2. The number of halogens is 2. The SMILES string of the molecule is O=C(CNC(=O)c1ccccc1)O[C@H](C(=O)Nc1cc(Cl)cc(Cl)c1)c1ccccc1. The Balaban J connectivity index is 1.69. The zero-order valence-electron chi connectivity index (χ0n) is 16.2. The van der Waals surface area contributed by atoms with E-state index in [9.17, 15) is 14.4 Å². The Morgan fingerprint density at radius 3 is 2.03 bits per heavy atom. The largest absolute Gasteiger partial charge is 0.446 e. The second kappa shape index (κ2) is 10.6. The molecule has 8 heteroatoms. The standard InChI is InChI=1S/C23H18Cl2N2O4/c24-17-11-18(25)13-19(12-17)27-23(30)21(15-7-3-1-4-8-15)31-20(28)14-26-22(29)16-9-5-2-6-10-16/h1-13,21H,14H2,(H,26,29)(H,27,30)/t21-/m0/s1. The van der Waals surface area contributed by atoms with E-state index in [-0.39, 0.29) is 0 Å². The minimum absolute atomic E-state index is 0.347. The number of hydrogen-bond donors (Lipinski definition) is 2. The van der Waals surface area contributed by atoms with Gasteiger partial charge in [-0.3, -0.25) is 14.4 Å². The van der Waals surface area contributed by atoms with E-state index in [0.717, 1.165) is 0 Å². The Labute approximate surface area is 189 Å². The lowest BCUT2D eigenvalue weighted by atomic mass is 10.1. The van der Waals surface area contributed by atoms with Crippen LogP contribution < -0.4 is 10.6 Å². The van der Waals surface area contributed by atoms with Crippen molar-refractivity contribution in [2.24, 2.45) is 0 Å². The van der Waals surface area contributed by atoms with Gasteiger partial charge in [0.25, 0.3) is 11.8 Å². The van der Waals surface area contributed by atoms with Gasteiger partial charge in [0.1, 0.15) is 6.54 Å². The third-order valence-electron chi connectivity index (χ3n) is 4.15. The van der Waals surface area contributed by atoms with Crippen molar-refractivity contribution in [1.29, 1.82) is 0 Å². The van der Waals surface area contributed by atoms with Crippen molar-refractivity contribution in [3.8, 4) is 0 Å². The van der Waals surface area contributed by atoms with Crippen LogP contribution in [0.15, 0.2) is 78.9 Å². The third-order valence-corrected chi connectivity index (χ3v) is 4.59. The maximum absolute atomic E-state index is 12.9. The van der Waals surface area contributed by atoms with Crippen molar-refractivity contribution in [1.82, 2.24) is 5.32 Å². The average Bonchev–Trinajstić information content (AvgIpc) is 2.76. The Kier molecular flexibility index (Phi) is 7.65. The molecule has 0 unspecified atom stereocenters. The molecule has 3 aromatic carbocycles. The quantitative estimate of drug-likeness (QED) is 0.506. The summed E-state index contributed by atoms with van der Waals surface area (Å²) in [7, 11) is 0. The van der Waals surface area contributed by atoms with Gasteiger partial charge in [-0.1, -0.05) is 71.7 Å². The molecule has 0 fully saturated rings. The summed E-state index contributed by atoms with van der Waals surface area (Å²) in [4.78, 5) is 37.4.